The summed E-state index contributed by atoms with van der Waals surface area (Å²) in [5.41, 5.74) is 5.06. The minimum absolute atomic E-state index is 0.154. The average Bonchev–Trinajstić information content (AvgIpc) is 2.75. The Labute approximate surface area is 192 Å². The molecule has 0 aromatic rings. The molecule has 0 aromatic heterocycles. The van der Waals surface area contributed by atoms with Gasteiger partial charge in [0.15, 0.2) is 0 Å². The van der Waals surface area contributed by atoms with E-state index < -0.39 is 6.03 Å². The Hall–Kier alpha value is -1.30. The Morgan fingerprint density at radius 1 is 0.645 bits per heavy atom. The molecular formula is C25H52N4O2. The highest BCUT2D eigenvalue weighted by atomic mass is 16.2. The molecule has 0 unspecified atom stereocenters. The van der Waals surface area contributed by atoms with Gasteiger partial charge in [0.1, 0.15) is 0 Å². The summed E-state index contributed by atoms with van der Waals surface area (Å²) in [6, 6.07) is -0.493. The molecule has 0 spiro atoms. The Bertz CT molecular complexity index is 418. The van der Waals surface area contributed by atoms with Gasteiger partial charge in [0.25, 0.3) is 0 Å². The van der Waals surface area contributed by atoms with E-state index in [1.807, 2.05) is 0 Å². The number of likely N-dealkylation sites (N-methyl/N-ethyl adjacent to an activating group) is 1. The number of nitrogens with zero attached hydrogens (tertiary/aromatic N) is 1. The number of hydrogen-bond acceptors (Lipinski definition) is 3. The zero-order chi connectivity index (χ0) is 23.0. The highest BCUT2D eigenvalue weighted by Crippen LogP contribution is 2.13. The van der Waals surface area contributed by atoms with Gasteiger partial charge in [0, 0.05) is 32.6 Å². The second-order valence-corrected chi connectivity index (χ2v) is 8.77. The van der Waals surface area contributed by atoms with Gasteiger partial charge in [0.05, 0.1) is 0 Å². The van der Waals surface area contributed by atoms with Crippen LogP contribution >= 0.6 is 0 Å². The number of carbonyl (C=O) groups is 2. The van der Waals surface area contributed by atoms with Crippen LogP contribution in [0.1, 0.15) is 117 Å². The minimum atomic E-state index is -0.493. The fourth-order valence-corrected chi connectivity index (χ4v) is 3.86. The van der Waals surface area contributed by atoms with Gasteiger partial charge in [-0.2, -0.15) is 0 Å². The van der Waals surface area contributed by atoms with E-state index in [9.17, 15) is 9.59 Å². The zero-order valence-electron chi connectivity index (χ0n) is 20.7. The quantitative estimate of drug-likeness (QED) is 0.187. The number of primary amides is 1. The molecule has 0 saturated carbocycles. The number of unbranched alkanes of at least 4 members (excludes halogenated alkanes) is 14. The largest absolute Gasteiger partial charge is 0.355 e. The van der Waals surface area contributed by atoms with Crippen molar-refractivity contribution in [3.8, 4) is 0 Å². The van der Waals surface area contributed by atoms with Crippen molar-refractivity contribution in [3.05, 3.63) is 0 Å². The molecule has 4 N–H and O–H groups in total. The van der Waals surface area contributed by atoms with Crippen LogP contribution < -0.4 is 16.4 Å². The van der Waals surface area contributed by atoms with Crippen LogP contribution in [0.4, 0.5) is 4.79 Å². The molecule has 184 valence electrons. The molecule has 6 nitrogen and oxygen atoms in total. The van der Waals surface area contributed by atoms with Gasteiger partial charge in [-0.3, -0.25) is 4.79 Å². The molecule has 0 atom stereocenters. The summed E-state index contributed by atoms with van der Waals surface area (Å²) in [4.78, 5) is 24.8. The minimum Gasteiger partial charge on any atom is -0.355 e. The number of nitrogens with two attached hydrogens (primary N) is 1. The van der Waals surface area contributed by atoms with Crippen molar-refractivity contribution in [2.45, 2.75) is 117 Å². The lowest BCUT2D eigenvalue weighted by Gasteiger charge is -2.20. The van der Waals surface area contributed by atoms with Crippen molar-refractivity contribution >= 4 is 11.9 Å². The van der Waals surface area contributed by atoms with E-state index in [1.54, 1.807) is 0 Å². The first-order chi connectivity index (χ1) is 15.1. The summed E-state index contributed by atoms with van der Waals surface area (Å²) >= 11 is 0. The number of amides is 3. The average molecular weight is 441 g/mol. The van der Waals surface area contributed by atoms with Crippen molar-refractivity contribution in [1.82, 2.24) is 15.5 Å². The first-order valence-corrected chi connectivity index (χ1v) is 13.1. The van der Waals surface area contributed by atoms with Crippen LogP contribution in [0.2, 0.25) is 0 Å². The second-order valence-electron chi connectivity index (χ2n) is 8.77. The van der Waals surface area contributed by atoms with E-state index in [-0.39, 0.29) is 5.91 Å². The predicted octanol–water partition coefficient (Wildman–Crippen LogP) is 5.35. The molecule has 0 heterocycles. The van der Waals surface area contributed by atoms with Crippen molar-refractivity contribution in [3.63, 3.8) is 0 Å². The molecule has 0 fully saturated rings. The van der Waals surface area contributed by atoms with Gasteiger partial charge in [-0.25, -0.2) is 4.79 Å². The van der Waals surface area contributed by atoms with Crippen LogP contribution in [0, 0.1) is 0 Å². The number of hydrogen-bond donors (Lipinski definition) is 3. The maximum atomic E-state index is 11.9. The van der Waals surface area contributed by atoms with Crippen LogP contribution in [0.15, 0.2) is 0 Å². The zero-order valence-corrected chi connectivity index (χ0v) is 20.7. The summed E-state index contributed by atoms with van der Waals surface area (Å²) in [7, 11) is 0. The van der Waals surface area contributed by atoms with E-state index in [2.05, 4.69) is 29.4 Å². The molecule has 0 rings (SSSR count). The summed E-state index contributed by atoms with van der Waals surface area (Å²) in [6.45, 7) is 7.96. The SMILES string of the molecule is CCCCCCCCCCCCCCCCCC(=O)NCCN(CC)CCNC(N)=O. The lowest BCUT2D eigenvalue weighted by atomic mass is 10.0. The molecule has 0 radical (unpaired) electrons. The van der Waals surface area contributed by atoms with Gasteiger partial charge in [-0.1, -0.05) is 104 Å². The molecule has 0 aromatic carbocycles. The summed E-state index contributed by atoms with van der Waals surface area (Å²) in [5, 5.41) is 5.59. The Morgan fingerprint density at radius 2 is 1.06 bits per heavy atom. The van der Waals surface area contributed by atoms with Gasteiger partial charge < -0.3 is 21.3 Å². The van der Waals surface area contributed by atoms with E-state index in [0.717, 1.165) is 32.5 Å². The summed E-state index contributed by atoms with van der Waals surface area (Å²) in [5.74, 6) is 0.154. The Kier molecular flexibility index (Phi) is 22.4. The Balaban J connectivity index is 3.34. The molecule has 0 saturated heterocycles. The molecular weight excluding hydrogens is 388 g/mol. The van der Waals surface area contributed by atoms with Crippen molar-refractivity contribution in [2.75, 3.05) is 32.7 Å². The molecule has 6 heteroatoms. The first-order valence-electron chi connectivity index (χ1n) is 13.1. The standard InChI is InChI=1S/C25H52N4O2/c1-3-5-6-7-8-9-10-11-12-13-14-15-16-17-18-19-24(30)27-20-22-29(4-2)23-21-28-25(26)31/h3-23H2,1-2H3,(H,27,30)(H3,26,28,31). The van der Waals surface area contributed by atoms with Crippen molar-refractivity contribution in [2.24, 2.45) is 5.73 Å². The maximum absolute atomic E-state index is 11.9. The van der Waals surface area contributed by atoms with Crippen molar-refractivity contribution < 1.29 is 9.59 Å². The number of urea groups is 1. The fraction of sp³-hybridized carbons (Fsp3) is 0.920. The summed E-state index contributed by atoms with van der Waals surface area (Å²) < 4.78 is 0. The lowest BCUT2D eigenvalue weighted by molar-refractivity contribution is -0.121. The summed E-state index contributed by atoms with van der Waals surface area (Å²) in [6.07, 6.45) is 20.7. The van der Waals surface area contributed by atoms with E-state index >= 15 is 0 Å². The van der Waals surface area contributed by atoms with Crippen LogP contribution in [0.25, 0.3) is 0 Å². The number of carbonyl (C=O) groups excluding carboxylic acids is 2. The van der Waals surface area contributed by atoms with E-state index in [0.29, 0.717) is 19.5 Å². The second kappa shape index (κ2) is 23.4. The van der Waals surface area contributed by atoms with Crippen LogP contribution in [-0.4, -0.2) is 49.6 Å². The monoisotopic (exact) mass is 440 g/mol. The number of rotatable bonds is 23. The smallest absolute Gasteiger partial charge is 0.312 e. The predicted molar refractivity (Wildman–Crippen MR) is 132 cm³/mol. The van der Waals surface area contributed by atoms with Gasteiger partial charge in [0.2, 0.25) is 5.91 Å². The molecule has 0 aliphatic carbocycles. The molecule has 31 heavy (non-hydrogen) atoms. The van der Waals surface area contributed by atoms with E-state index in [4.69, 9.17) is 5.73 Å². The van der Waals surface area contributed by atoms with Gasteiger partial charge in [-0.15, -0.1) is 0 Å². The van der Waals surface area contributed by atoms with Gasteiger partial charge in [-0.05, 0) is 13.0 Å². The topological polar surface area (TPSA) is 87.5 Å². The van der Waals surface area contributed by atoms with Crippen molar-refractivity contribution in [1.29, 1.82) is 0 Å². The van der Waals surface area contributed by atoms with Gasteiger partial charge >= 0.3 is 6.03 Å². The van der Waals surface area contributed by atoms with E-state index in [1.165, 1.54) is 83.5 Å². The van der Waals surface area contributed by atoms with Crippen LogP contribution in [0.5, 0.6) is 0 Å². The highest BCUT2D eigenvalue weighted by molar-refractivity contribution is 5.75. The Morgan fingerprint density at radius 3 is 1.48 bits per heavy atom. The molecule has 0 aliphatic rings. The third-order valence-electron chi connectivity index (χ3n) is 5.93. The normalized spacial score (nSPS) is 11.1. The maximum Gasteiger partial charge on any atom is 0.312 e. The van der Waals surface area contributed by atoms with Crippen LogP contribution in [0.3, 0.4) is 0 Å². The lowest BCUT2D eigenvalue weighted by Crippen LogP contribution is -2.40. The number of nitrogens with one attached hydrogen (secondary N) is 2. The molecule has 0 aliphatic heterocycles. The molecule has 3 amide bonds. The van der Waals surface area contributed by atoms with Crippen LogP contribution in [-0.2, 0) is 4.79 Å². The third-order valence-corrected chi connectivity index (χ3v) is 5.93. The third kappa shape index (κ3) is 23.2. The highest BCUT2D eigenvalue weighted by Gasteiger charge is 2.05. The molecule has 0 bridgehead atoms. The first kappa shape index (κ1) is 29.7. The fourth-order valence-electron chi connectivity index (χ4n) is 3.86.